The van der Waals surface area contributed by atoms with Crippen molar-refractivity contribution in [2.75, 3.05) is 0 Å². The number of hydrogen-bond donors (Lipinski definition) is 0. The van der Waals surface area contributed by atoms with Gasteiger partial charge in [0.1, 0.15) is 11.0 Å². The van der Waals surface area contributed by atoms with E-state index >= 15 is 0 Å². The Morgan fingerprint density at radius 1 is 0.667 bits per heavy atom. The summed E-state index contributed by atoms with van der Waals surface area (Å²) in [5, 5.41) is 11.5. The number of benzene rings is 3. The van der Waals surface area contributed by atoms with Gasteiger partial charge >= 0.3 is 0 Å². The summed E-state index contributed by atoms with van der Waals surface area (Å²) in [5.74, 6) is 0. The van der Waals surface area contributed by atoms with Crippen LogP contribution in [0.15, 0.2) is 85.1 Å². The molecule has 7 aromatic rings. The fraction of sp³-hybridized carbons (Fsp3) is 0. The summed E-state index contributed by atoms with van der Waals surface area (Å²) in [6.45, 7) is 0. The molecule has 0 saturated heterocycles. The van der Waals surface area contributed by atoms with E-state index in [1.165, 1.54) is 32.4 Å². The molecule has 0 atom stereocenters. The Morgan fingerprint density at radius 3 is 2.37 bits per heavy atom. The van der Waals surface area contributed by atoms with Gasteiger partial charge in [-0.3, -0.25) is 0 Å². The Bertz CT molecular complexity index is 1670. The molecule has 3 heteroatoms. The molecule has 0 aliphatic carbocycles. The summed E-state index contributed by atoms with van der Waals surface area (Å²) in [7, 11) is 0. The van der Waals surface area contributed by atoms with Crippen LogP contribution in [0.25, 0.3) is 54.5 Å². The van der Waals surface area contributed by atoms with Crippen LogP contribution in [0.5, 0.6) is 0 Å². The molecule has 0 radical (unpaired) electrons. The summed E-state index contributed by atoms with van der Waals surface area (Å²) in [6, 6.07) is 28.1. The van der Waals surface area contributed by atoms with Gasteiger partial charge in [0.15, 0.2) is 6.20 Å². The average molecular weight is 344 g/mol. The second-order valence-corrected chi connectivity index (χ2v) is 7.17. The lowest BCUT2D eigenvalue weighted by Crippen LogP contribution is -2.21. The SMILES string of the molecule is c1cc2cccc3c4nn5c6ccccc6[n+]6cccc6c5cc4c(c1)c23. The standard InChI is InChI=1S/C24H14N3/c1-2-11-21-19(10-1)26-13-5-12-20(26)22-14-18-16-8-3-6-15-7-4-9-17(23(15)16)24(18)25-27(21)22/h1-14H/q+1. The molecule has 0 saturated carbocycles. The second kappa shape index (κ2) is 4.51. The second-order valence-electron chi connectivity index (χ2n) is 7.17. The lowest BCUT2D eigenvalue weighted by molar-refractivity contribution is -0.477. The highest BCUT2D eigenvalue weighted by Crippen LogP contribution is 2.37. The first-order chi connectivity index (χ1) is 13.4. The third-order valence-corrected chi connectivity index (χ3v) is 5.80. The average Bonchev–Trinajstić information content (AvgIpc) is 3.33. The van der Waals surface area contributed by atoms with Gasteiger partial charge in [-0.2, -0.15) is 9.50 Å². The van der Waals surface area contributed by atoms with Crippen LogP contribution in [0.4, 0.5) is 0 Å². The van der Waals surface area contributed by atoms with Crippen molar-refractivity contribution in [3.05, 3.63) is 85.1 Å². The number of fused-ring (bicyclic) bond motifs is 9. The maximum Gasteiger partial charge on any atom is 0.237 e. The zero-order valence-corrected chi connectivity index (χ0v) is 14.4. The quantitative estimate of drug-likeness (QED) is 0.276. The number of aromatic nitrogens is 3. The maximum atomic E-state index is 5.16. The van der Waals surface area contributed by atoms with Gasteiger partial charge in [-0.15, -0.1) is 0 Å². The minimum Gasteiger partial charge on any atom is -0.220 e. The number of hydrogen-bond acceptors (Lipinski definition) is 1. The molecule has 0 bridgehead atoms. The van der Waals surface area contributed by atoms with E-state index in [1.807, 2.05) is 0 Å². The van der Waals surface area contributed by atoms with E-state index in [4.69, 9.17) is 5.10 Å². The van der Waals surface area contributed by atoms with Gasteiger partial charge in [0.25, 0.3) is 0 Å². The molecular formula is C24H14N3+. The van der Waals surface area contributed by atoms with Crippen molar-refractivity contribution < 1.29 is 4.40 Å². The molecule has 3 aromatic heterocycles. The predicted octanol–water partition coefficient (Wildman–Crippen LogP) is 5.12. The minimum atomic E-state index is 1.07. The Balaban J connectivity index is 1.86. The van der Waals surface area contributed by atoms with E-state index < -0.39 is 0 Å². The normalized spacial score (nSPS) is 12.4. The number of rotatable bonds is 0. The van der Waals surface area contributed by atoms with Gasteiger partial charge in [-0.05, 0) is 28.3 Å². The molecule has 4 aromatic carbocycles. The summed E-state index contributed by atoms with van der Waals surface area (Å²) in [5.41, 5.74) is 5.65. The van der Waals surface area contributed by atoms with E-state index in [2.05, 4.69) is 94.0 Å². The molecule has 0 fully saturated rings. The monoisotopic (exact) mass is 344 g/mol. The van der Waals surface area contributed by atoms with Crippen molar-refractivity contribution in [2.24, 2.45) is 0 Å². The Morgan fingerprint density at radius 2 is 1.44 bits per heavy atom. The van der Waals surface area contributed by atoms with Crippen molar-refractivity contribution in [3.8, 4) is 0 Å². The Kier molecular flexibility index (Phi) is 2.25. The van der Waals surface area contributed by atoms with E-state index in [-0.39, 0.29) is 0 Å². The molecule has 0 aliphatic rings. The number of nitrogens with zero attached hydrogens (tertiary/aromatic N) is 3. The first kappa shape index (κ1) is 13.5. The Hall–Kier alpha value is -3.72. The lowest BCUT2D eigenvalue weighted by atomic mass is 10.1. The highest BCUT2D eigenvalue weighted by atomic mass is 15.2. The number of para-hydroxylation sites is 2. The van der Waals surface area contributed by atoms with Crippen molar-refractivity contribution in [2.45, 2.75) is 0 Å². The highest BCUT2D eigenvalue weighted by molar-refractivity contribution is 6.29. The van der Waals surface area contributed by atoms with E-state index in [9.17, 15) is 0 Å². The zero-order valence-electron chi connectivity index (χ0n) is 14.4. The van der Waals surface area contributed by atoms with E-state index in [0.717, 1.165) is 22.1 Å². The molecule has 7 rings (SSSR count). The van der Waals surface area contributed by atoms with Crippen molar-refractivity contribution in [3.63, 3.8) is 0 Å². The fourth-order valence-electron chi connectivity index (χ4n) is 4.65. The van der Waals surface area contributed by atoms with Gasteiger partial charge in [0.2, 0.25) is 11.0 Å². The minimum absolute atomic E-state index is 1.07. The lowest BCUT2D eigenvalue weighted by Gasteiger charge is -2.05. The van der Waals surface area contributed by atoms with Gasteiger partial charge in [0, 0.05) is 29.0 Å². The topological polar surface area (TPSA) is 21.4 Å². The molecule has 0 N–H and O–H groups in total. The summed E-state index contributed by atoms with van der Waals surface area (Å²) in [4.78, 5) is 0. The van der Waals surface area contributed by atoms with Crippen LogP contribution in [-0.2, 0) is 0 Å². The molecule has 0 spiro atoms. The van der Waals surface area contributed by atoms with Crippen LogP contribution >= 0.6 is 0 Å². The molecule has 0 unspecified atom stereocenters. The van der Waals surface area contributed by atoms with Crippen LogP contribution in [0, 0.1) is 0 Å². The summed E-state index contributed by atoms with van der Waals surface area (Å²) >= 11 is 0. The maximum absolute atomic E-state index is 5.16. The van der Waals surface area contributed by atoms with Crippen LogP contribution in [0.3, 0.4) is 0 Å². The van der Waals surface area contributed by atoms with E-state index in [0.29, 0.717) is 0 Å². The third kappa shape index (κ3) is 1.53. The first-order valence-electron chi connectivity index (χ1n) is 9.17. The summed E-state index contributed by atoms with van der Waals surface area (Å²) in [6.07, 6.45) is 2.13. The Labute approximate surface area is 154 Å². The predicted molar refractivity (Wildman–Crippen MR) is 110 cm³/mol. The van der Waals surface area contributed by atoms with Crippen molar-refractivity contribution in [1.29, 1.82) is 0 Å². The fourth-order valence-corrected chi connectivity index (χ4v) is 4.65. The van der Waals surface area contributed by atoms with Crippen LogP contribution in [0.2, 0.25) is 0 Å². The molecule has 0 aliphatic heterocycles. The van der Waals surface area contributed by atoms with Crippen molar-refractivity contribution >= 4 is 54.5 Å². The van der Waals surface area contributed by atoms with Gasteiger partial charge in [-0.1, -0.05) is 48.5 Å². The van der Waals surface area contributed by atoms with Crippen LogP contribution < -0.4 is 4.40 Å². The molecular weight excluding hydrogens is 330 g/mol. The smallest absolute Gasteiger partial charge is 0.220 e. The van der Waals surface area contributed by atoms with Gasteiger partial charge in [-0.25, -0.2) is 4.52 Å². The molecule has 124 valence electrons. The van der Waals surface area contributed by atoms with Gasteiger partial charge < -0.3 is 0 Å². The largest absolute Gasteiger partial charge is 0.237 e. The molecule has 27 heavy (non-hydrogen) atoms. The molecule has 0 amide bonds. The zero-order chi connectivity index (χ0) is 17.5. The van der Waals surface area contributed by atoms with Gasteiger partial charge in [0.05, 0.1) is 5.52 Å². The molecule has 3 nitrogen and oxygen atoms in total. The summed E-state index contributed by atoms with van der Waals surface area (Å²) < 4.78 is 4.36. The van der Waals surface area contributed by atoms with Crippen LogP contribution in [0.1, 0.15) is 0 Å². The van der Waals surface area contributed by atoms with E-state index in [1.54, 1.807) is 0 Å². The van der Waals surface area contributed by atoms with Crippen molar-refractivity contribution in [1.82, 2.24) is 9.61 Å². The molecule has 3 heterocycles. The van der Waals surface area contributed by atoms with Crippen LogP contribution in [-0.4, -0.2) is 9.61 Å². The highest BCUT2D eigenvalue weighted by Gasteiger charge is 2.19. The third-order valence-electron chi connectivity index (χ3n) is 5.80. The first-order valence-corrected chi connectivity index (χ1v) is 9.17.